The Kier molecular flexibility index (Phi) is 12.0. The minimum absolute atomic E-state index is 0.120. The highest BCUT2D eigenvalue weighted by molar-refractivity contribution is 6.03. The third kappa shape index (κ3) is 9.27. The number of carbonyl (C=O) groups is 2. The summed E-state index contributed by atoms with van der Waals surface area (Å²) in [5.74, 6) is 1.90. The van der Waals surface area contributed by atoms with Crippen molar-refractivity contribution in [1.82, 2.24) is 25.0 Å². The molecule has 0 atom stereocenters. The number of aromatic nitrogens is 1. The summed E-state index contributed by atoms with van der Waals surface area (Å²) in [6.45, 7) is 13.3. The molecule has 2 amide bonds. The van der Waals surface area contributed by atoms with E-state index in [0.717, 1.165) is 76.5 Å². The molecule has 1 aromatic heterocycles. The van der Waals surface area contributed by atoms with Crippen LogP contribution in [0.4, 0.5) is 5.69 Å². The number of nitrogens with zero attached hydrogens (tertiary/aromatic N) is 6. The number of pyridine rings is 1. The minimum atomic E-state index is -0.418. The number of likely N-dealkylation sites (tertiary alicyclic amines) is 1. The number of fused-ring (bicyclic) bond motifs is 1. The van der Waals surface area contributed by atoms with Crippen molar-refractivity contribution < 1.29 is 9.59 Å². The van der Waals surface area contributed by atoms with Gasteiger partial charge in [-0.3, -0.25) is 24.4 Å². The zero-order valence-corrected chi connectivity index (χ0v) is 30.3. The summed E-state index contributed by atoms with van der Waals surface area (Å²) >= 11 is 0. The number of rotatable bonds is 11. The lowest BCUT2D eigenvalue weighted by atomic mass is 9.96. The summed E-state index contributed by atoms with van der Waals surface area (Å²) in [5, 5.41) is 8.43. The zero-order valence-electron chi connectivity index (χ0n) is 30.3. The Balaban J connectivity index is 1.42. The van der Waals surface area contributed by atoms with Crippen molar-refractivity contribution in [2.24, 2.45) is 27.4 Å². The van der Waals surface area contributed by atoms with Gasteiger partial charge in [0, 0.05) is 61.6 Å². The van der Waals surface area contributed by atoms with E-state index in [2.05, 4.69) is 48.1 Å². The first-order chi connectivity index (χ1) is 24.4. The van der Waals surface area contributed by atoms with Crippen molar-refractivity contribution in [1.29, 1.82) is 0 Å². The van der Waals surface area contributed by atoms with E-state index in [1.165, 1.54) is 6.08 Å². The highest BCUT2D eigenvalue weighted by Crippen LogP contribution is 2.32. The summed E-state index contributed by atoms with van der Waals surface area (Å²) in [7, 11) is 3.75. The molecule has 0 spiro atoms. The average molecular weight is 691 g/mol. The van der Waals surface area contributed by atoms with Gasteiger partial charge in [0.15, 0.2) is 0 Å². The van der Waals surface area contributed by atoms with E-state index in [4.69, 9.17) is 26.4 Å². The largest absolute Gasteiger partial charge is 0.369 e. The van der Waals surface area contributed by atoms with Crippen LogP contribution in [0.15, 0.2) is 100 Å². The van der Waals surface area contributed by atoms with Crippen LogP contribution >= 0.6 is 0 Å². The van der Waals surface area contributed by atoms with Gasteiger partial charge in [0.2, 0.25) is 23.7 Å². The summed E-state index contributed by atoms with van der Waals surface area (Å²) in [4.78, 5) is 44.6. The fraction of sp³-hybridized carbons (Fsp3) is 0.359. The molecule has 1 saturated heterocycles. The smallest absolute Gasteiger partial charge is 0.248 e. The van der Waals surface area contributed by atoms with E-state index in [0.29, 0.717) is 24.7 Å². The van der Waals surface area contributed by atoms with Crippen LogP contribution in [0.2, 0.25) is 0 Å². The molecule has 51 heavy (non-hydrogen) atoms. The van der Waals surface area contributed by atoms with Crippen molar-refractivity contribution in [2.75, 3.05) is 45.6 Å². The normalized spacial score (nSPS) is 17.3. The number of benzene rings is 2. The second kappa shape index (κ2) is 16.6. The Bertz CT molecular complexity index is 1900. The molecule has 2 aromatic carbocycles. The molecule has 268 valence electrons. The van der Waals surface area contributed by atoms with Gasteiger partial charge in [-0.25, -0.2) is 4.99 Å². The minimum Gasteiger partial charge on any atom is -0.369 e. The van der Waals surface area contributed by atoms with Gasteiger partial charge in [0.1, 0.15) is 5.82 Å². The molecule has 12 nitrogen and oxygen atoms in total. The topological polar surface area (TPSA) is 158 Å². The molecule has 5 rings (SSSR count). The van der Waals surface area contributed by atoms with Crippen LogP contribution < -0.4 is 22.1 Å². The van der Waals surface area contributed by atoms with Gasteiger partial charge >= 0.3 is 0 Å². The predicted molar refractivity (Wildman–Crippen MR) is 207 cm³/mol. The molecule has 1 fully saturated rings. The second-order valence-electron chi connectivity index (χ2n) is 13.6. The molecule has 0 saturated carbocycles. The molecule has 12 heteroatoms. The van der Waals surface area contributed by atoms with Crippen molar-refractivity contribution in [2.45, 2.75) is 46.2 Å². The molecule has 0 unspecified atom stereocenters. The Labute approximate surface area is 300 Å². The Morgan fingerprint density at radius 1 is 1.18 bits per heavy atom. The third-order valence-corrected chi connectivity index (χ3v) is 9.01. The van der Waals surface area contributed by atoms with Gasteiger partial charge in [-0.1, -0.05) is 62.4 Å². The quantitative estimate of drug-likeness (QED) is 0.215. The van der Waals surface area contributed by atoms with Gasteiger partial charge in [0.05, 0.1) is 18.8 Å². The Morgan fingerprint density at radius 3 is 2.63 bits per heavy atom. The van der Waals surface area contributed by atoms with E-state index >= 15 is 0 Å². The number of likely N-dealkylation sites (N-methyl/N-ethyl adjacent to an activating group) is 1. The Hall–Kier alpha value is -5.33. The predicted octanol–water partition coefficient (Wildman–Crippen LogP) is 4.43. The van der Waals surface area contributed by atoms with Crippen LogP contribution in [0, 0.1) is 5.92 Å². The number of nitrogens with two attached hydrogens (primary N) is 2. The number of nitrogens with one attached hydrogen (secondary N) is 2. The maximum atomic E-state index is 12.6. The number of primary amides is 1. The van der Waals surface area contributed by atoms with E-state index in [1.807, 2.05) is 55.3 Å². The van der Waals surface area contributed by atoms with Crippen LogP contribution in [-0.4, -0.2) is 89.7 Å². The SMILES string of the molecule is C=C(C)/C(=C1/NC(N2CCC(N)CC2)=NC(=NCc2ccccc2-c2nccc3cc(NC(=O)/C=C/CN(C)CC(N)=O)ccc23)N1C)C(C)C. The molecule has 6 N–H and O–H groups in total. The molecule has 2 aliphatic heterocycles. The fourth-order valence-electron chi connectivity index (χ4n) is 6.48. The van der Waals surface area contributed by atoms with E-state index in [-0.39, 0.29) is 24.4 Å². The van der Waals surface area contributed by atoms with Crippen LogP contribution in [0.1, 0.15) is 39.2 Å². The number of hydrogen-bond donors (Lipinski definition) is 4. The molecule has 2 aliphatic rings. The molecular formula is C39H50N10O2. The highest BCUT2D eigenvalue weighted by Gasteiger charge is 2.29. The van der Waals surface area contributed by atoms with E-state index in [1.54, 1.807) is 24.2 Å². The number of anilines is 1. The monoisotopic (exact) mass is 690 g/mol. The van der Waals surface area contributed by atoms with Crippen LogP contribution in [0.25, 0.3) is 22.0 Å². The van der Waals surface area contributed by atoms with Gasteiger partial charge in [0.25, 0.3) is 0 Å². The van der Waals surface area contributed by atoms with Crippen molar-refractivity contribution in [3.8, 4) is 11.3 Å². The maximum Gasteiger partial charge on any atom is 0.248 e. The molecule has 3 aromatic rings. The number of amides is 2. The molecule has 0 aliphatic carbocycles. The Morgan fingerprint density at radius 2 is 1.92 bits per heavy atom. The van der Waals surface area contributed by atoms with Crippen LogP contribution in [-0.2, 0) is 16.1 Å². The summed E-state index contributed by atoms with van der Waals surface area (Å²) < 4.78 is 0. The van der Waals surface area contributed by atoms with Crippen molar-refractivity contribution in [3.05, 3.63) is 96.0 Å². The molecule has 3 heterocycles. The highest BCUT2D eigenvalue weighted by atomic mass is 16.2. The first kappa shape index (κ1) is 36.9. The number of guanidine groups is 2. The molecule has 0 bridgehead atoms. The van der Waals surface area contributed by atoms with Gasteiger partial charge in [-0.15, -0.1) is 0 Å². The van der Waals surface area contributed by atoms with Gasteiger partial charge in [-0.05, 0) is 67.5 Å². The lowest BCUT2D eigenvalue weighted by molar-refractivity contribution is -0.118. The number of hydrogen-bond acceptors (Lipinski definition) is 8. The second-order valence-corrected chi connectivity index (χ2v) is 13.6. The van der Waals surface area contributed by atoms with Gasteiger partial charge in [-0.2, -0.15) is 4.99 Å². The number of piperidine rings is 1. The van der Waals surface area contributed by atoms with Crippen LogP contribution in [0.5, 0.6) is 0 Å². The van der Waals surface area contributed by atoms with E-state index in [9.17, 15) is 9.59 Å². The van der Waals surface area contributed by atoms with Crippen molar-refractivity contribution in [3.63, 3.8) is 0 Å². The number of allylic oxidation sites excluding steroid dienone is 2. The zero-order chi connectivity index (χ0) is 36.7. The first-order valence-corrected chi connectivity index (χ1v) is 17.4. The molecular weight excluding hydrogens is 640 g/mol. The van der Waals surface area contributed by atoms with E-state index < -0.39 is 5.91 Å². The fourth-order valence-corrected chi connectivity index (χ4v) is 6.48. The lowest BCUT2D eigenvalue weighted by Gasteiger charge is -2.38. The van der Waals surface area contributed by atoms with Gasteiger partial charge < -0.3 is 27.0 Å². The lowest BCUT2D eigenvalue weighted by Crippen LogP contribution is -2.53. The van der Waals surface area contributed by atoms with Crippen molar-refractivity contribution >= 4 is 40.2 Å². The maximum absolute atomic E-state index is 12.6. The third-order valence-electron chi connectivity index (χ3n) is 9.01. The summed E-state index contributed by atoms with van der Waals surface area (Å²) in [6.07, 6.45) is 6.75. The standard InChI is InChI=1S/C39H50N10O2/c1-25(2)35(26(3)4)37-45-39(49-20-16-29(40)17-21-49)46-38(48(37)6)43-23-28-10-7-8-11-31(28)36-32-14-13-30(22-27(32)15-18-42-36)44-34(51)12-9-19-47(5)24-33(41)50/h7-15,18,22,26,29H,1,16-17,19-21,23-24,40H2,2-6H3,(H2,41,50)(H,44,51)(H,43,45,46)/b12-9+,37-35+. The number of aliphatic imine (C=N–C) groups is 2. The number of carbonyl (C=O) groups excluding carboxylic acids is 2. The first-order valence-electron chi connectivity index (χ1n) is 17.4. The summed E-state index contributed by atoms with van der Waals surface area (Å²) in [6, 6.07) is 16.1. The summed E-state index contributed by atoms with van der Waals surface area (Å²) in [5.41, 5.74) is 17.1. The van der Waals surface area contributed by atoms with Crippen LogP contribution in [0.3, 0.4) is 0 Å². The molecule has 0 radical (unpaired) electrons. The average Bonchev–Trinajstić information content (AvgIpc) is 3.08.